The van der Waals surface area contributed by atoms with Crippen LogP contribution in [0, 0.1) is 15.3 Å². The van der Waals surface area contributed by atoms with Crippen molar-refractivity contribution in [1.82, 2.24) is 5.16 Å². The molecule has 0 fully saturated rings. The quantitative estimate of drug-likeness (QED) is 0.402. The molecule has 7 nitrogen and oxygen atoms in total. The van der Waals surface area contributed by atoms with Crippen molar-refractivity contribution < 1.29 is 14.5 Å². The second kappa shape index (κ2) is 2.81. The fourth-order valence-corrected chi connectivity index (χ4v) is 1.30. The summed E-state index contributed by atoms with van der Waals surface area (Å²) in [7, 11) is 0. The Bertz CT molecular complexity index is 523. The first-order valence-corrected chi connectivity index (χ1v) is 3.81. The summed E-state index contributed by atoms with van der Waals surface area (Å²) < 4.78 is 4.21. The highest BCUT2D eigenvalue weighted by Crippen LogP contribution is 2.27. The van der Waals surface area contributed by atoms with Crippen molar-refractivity contribution in [3.05, 3.63) is 32.5 Å². The number of hydrogen-bond donors (Lipinski definition) is 0. The van der Waals surface area contributed by atoms with Crippen LogP contribution in [0.2, 0.25) is 5.02 Å². The molecule has 0 radical (unpaired) electrons. The van der Waals surface area contributed by atoms with E-state index >= 15 is 0 Å². The number of nitro groups is 1. The average Bonchev–Trinajstić information content (AvgIpc) is 2.49. The van der Waals surface area contributed by atoms with E-state index in [0.717, 1.165) is 6.07 Å². The largest absolute Gasteiger partial charge is 0.359 e. The molecule has 0 N–H and O–H groups in total. The molecular weight excluding hydrogens is 214 g/mol. The van der Waals surface area contributed by atoms with Gasteiger partial charge in [-0.3, -0.25) is 14.7 Å². The summed E-state index contributed by atoms with van der Waals surface area (Å²) >= 11 is 5.64. The molecule has 0 aliphatic carbocycles. The van der Waals surface area contributed by atoms with E-state index in [1.165, 1.54) is 6.07 Å². The molecule has 1 heterocycles. The van der Waals surface area contributed by atoms with Gasteiger partial charge in [-0.25, -0.2) is 0 Å². The number of halogens is 1. The van der Waals surface area contributed by atoms with E-state index in [0.29, 0.717) is 0 Å². The third-order valence-corrected chi connectivity index (χ3v) is 1.97. The molecule has 2 aromatic rings. The van der Waals surface area contributed by atoms with Crippen LogP contribution < -0.4 is 4.90 Å². The van der Waals surface area contributed by atoms with Crippen LogP contribution in [0.25, 0.3) is 11.0 Å². The summed E-state index contributed by atoms with van der Waals surface area (Å²) in [6.07, 6.45) is 0. The van der Waals surface area contributed by atoms with Crippen molar-refractivity contribution in [3.8, 4) is 0 Å². The number of nitrogens with zero attached hydrogens (tertiary/aromatic N) is 3. The SMILES string of the molecule is O=[N+]([O-])c1ccc(Cl)c2c1no[n+]2[O-]. The number of benzene rings is 1. The predicted molar refractivity (Wildman–Crippen MR) is 44.6 cm³/mol. The van der Waals surface area contributed by atoms with Crippen molar-refractivity contribution in [3.63, 3.8) is 0 Å². The number of nitro benzene ring substituents is 1. The van der Waals surface area contributed by atoms with E-state index in [9.17, 15) is 15.3 Å². The molecule has 0 atom stereocenters. The summed E-state index contributed by atoms with van der Waals surface area (Å²) in [5.74, 6) is 0. The molecule has 0 spiro atoms. The van der Waals surface area contributed by atoms with Gasteiger partial charge in [-0.1, -0.05) is 11.6 Å². The topological polar surface area (TPSA) is 96.1 Å². The molecule has 0 unspecified atom stereocenters. The zero-order valence-electron chi connectivity index (χ0n) is 6.51. The van der Waals surface area contributed by atoms with E-state index in [1.807, 2.05) is 0 Å². The average molecular weight is 216 g/mol. The van der Waals surface area contributed by atoms with Crippen LogP contribution in [-0.4, -0.2) is 10.1 Å². The summed E-state index contributed by atoms with van der Waals surface area (Å²) in [6.45, 7) is 0. The van der Waals surface area contributed by atoms with Crippen molar-refractivity contribution in [2.24, 2.45) is 0 Å². The maximum absolute atomic E-state index is 11.0. The van der Waals surface area contributed by atoms with E-state index in [-0.39, 0.29) is 26.6 Å². The second-order valence-corrected chi connectivity index (χ2v) is 2.86. The number of non-ortho nitro benzene ring substituents is 1. The maximum Gasteiger partial charge on any atom is 0.327 e. The minimum Gasteiger partial charge on any atom is -0.359 e. The Morgan fingerprint density at radius 1 is 1.57 bits per heavy atom. The minimum absolute atomic E-state index is 0.0324. The predicted octanol–water partition coefficient (Wildman–Crippen LogP) is 1.02. The molecule has 1 aromatic heterocycles. The van der Waals surface area contributed by atoms with E-state index in [1.54, 1.807) is 0 Å². The van der Waals surface area contributed by atoms with Crippen molar-refractivity contribution in [2.75, 3.05) is 0 Å². The second-order valence-electron chi connectivity index (χ2n) is 2.45. The molecular formula is C6H2ClN3O4. The highest BCUT2D eigenvalue weighted by Gasteiger charge is 2.25. The zero-order chi connectivity index (χ0) is 10.3. The van der Waals surface area contributed by atoms with E-state index < -0.39 is 4.92 Å². The first-order valence-electron chi connectivity index (χ1n) is 3.43. The first kappa shape index (κ1) is 8.70. The van der Waals surface area contributed by atoms with Crippen LogP contribution in [0.15, 0.2) is 16.8 Å². The van der Waals surface area contributed by atoms with Crippen LogP contribution in [0.4, 0.5) is 5.69 Å². The normalized spacial score (nSPS) is 10.6. The van der Waals surface area contributed by atoms with Gasteiger partial charge in [-0.2, -0.15) is 0 Å². The Kier molecular flexibility index (Phi) is 1.74. The van der Waals surface area contributed by atoms with Crippen molar-refractivity contribution in [2.45, 2.75) is 0 Å². The molecule has 0 aliphatic heterocycles. The molecule has 0 aliphatic rings. The monoisotopic (exact) mass is 215 g/mol. The third-order valence-electron chi connectivity index (χ3n) is 1.67. The highest BCUT2D eigenvalue weighted by molar-refractivity contribution is 6.34. The summed E-state index contributed by atoms with van der Waals surface area (Å²) in [5.41, 5.74) is -0.610. The Balaban J connectivity index is 2.90. The van der Waals surface area contributed by atoms with Gasteiger partial charge in [0.25, 0.3) is 5.52 Å². The van der Waals surface area contributed by atoms with Crippen LogP contribution >= 0.6 is 11.6 Å². The molecule has 1 aromatic carbocycles. The molecule has 0 saturated carbocycles. The number of hydrogen-bond acceptors (Lipinski definition) is 5. The smallest absolute Gasteiger partial charge is 0.327 e. The fraction of sp³-hybridized carbons (Fsp3) is 0. The zero-order valence-corrected chi connectivity index (χ0v) is 7.26. The highest BCUT2D eigenvalue weighted by atomic mass is 35.5. The van der Waals surface area contributed by atoms with Gasteiger partial charge in [-0.15, -0.1) is 0 Å². The summed E-state index contributed by atoms with van der Waals surface area (Å²) in [4.78, 5) is 9.87. The third kappa shape index (κ3) is 1.06. The van der Waals surface area contributed by atoms with Crippen molar-refractivity contribution in [1.29, 1.82) is 0 Å². The van der Waals surface area contributed by atoms with Gasteiger partial charge in [0.15, 0.2) is 0 Å². The van der Waals surface area contributed by atoms with Crippen molar-refractivity contribution >= 4 is 28.3 Å². The summed E-state index contributed by atoms with van der Waals surface area (Å²) in [6, 6.07) is 2.40. The molecule has 2 rings (SSSR count). The van der Waals surface area contributed by atoms with Crippen LogP contribution in [0.5, 0.6) is 0 Å². The van der Waals surface area contributed by atoms with Gasteiger partial charge in [0, 0.05) is 6.07 Å². The lowest BCUT2D eigenvalue weighted by molar-refractivity contribution is -0.782. The van der Waals surface area contributed by atoms with Crippen LogP contribution in [-0.2, 0) is 0 Å². The Labute approximate surface area is 81.2 Å². The lowest BCUT2D eigenvalue weighted by Crippen LogP contribution is -2.22. The molecule has 14 heavy (non-hydrogen) atoms. The Morgan fingerprint density at radius 2 is 2.29 bits per heavy atom. The van der Waals surface area contributed by atoms with E-state index in [4.69, 9.17) is 11.6 Å². The molecule has 8 heteroatoms. The minimum atomic E-state index is -0.665. The lowest BCUT2D eigenvalue weighted by Gasteiger charge is -1.91. The molecule has 0 bridgehead atoms. The van der Waals surface area contributed by atoms with E-state index in [2.05, 4.69) is 9.79 Å². The van der Waals surface area contributed by atoms with Gasteiger partial charge in [0.2, 0.25) is 0 Å². The summed E-state index contributed by atoms with van der Waals surface area (Å²) in [5, 5.41) is 24.8. The Morgan fingerprint density at radius 3 is 2.93 bits per heavy atom. The molecule has 0 amide bonds. The Hall–Kier alpha value is -1.89. The van der Waals surface area contributed by atoms with Gasteiger partial charge in [0.05, 0.1) is 15.1 Å². The number of aromatic nitrogens is 2. The number of rotatable bonds is 1. The van der Waals surface area contributed by atoms with Crippen LogP contribution in [0.1, 0.15) is 0 Å². The standard InChI is InChI=1S/C6H2ClN3O4/c7-3-1-2-4(9(11)12)5-6(3)10(13)14-8-5/h1-2H. The number of fused-ring (bicyclic) bond motifs is 1. The van der Waals surface area contributed by atoms with Gasteiger partial charge in [0.1, 0.15) is 0 Å². The lowest BCUT2D eigenvalue weighted by atomic mass is 10.3. The fourth-order valence-electron chi connectivity index (χ4n) is 1.07. The first-order chi connectivity index (χ1) is 6.61. The molecule has 0 saturated heterocycles. The van der Waals surface area contributed by atoms with Gasteiger partial charge < -0.3 is 5.21 Å². The maximum atomic E-state index is 11.0. The molecule has 72 valence electrons. The van der Waals surface area contributed by atoms with Gasteiger partial charge >= 0.3 is 11.2 Å². The van der Waals surface area contributed by atoms with Crippen LogP contribution in [0.3, 0.4) is 0 Å². The van der Waals surface area contributed by atoms with Gasteiger partial charge in [-0.05, 0) is 11.0 Å².